The third kappa shape index (κ3) is 2.72. The number of benzene rings is 1. The summed E-state index contributed by atoms with van der Waals surface area (Å²) in [6, 6.07) is 7.60. The smallest absolute Gasteiger partial charge is 0.293 e. The van der Waals surface area contributed by atoms with E-state index in [4.69, 9.17) is 9.15 Å². The van der Waals surface area contributed by atoms with E-state index in [1.54, 1.807) is 18.4 Å². The van der Waals surface area contributed by atoms with E-state index in [9.17, 15) is 4.79 Å². The lowest BCUT2D eigenvalue weighted by atomic mass is 10.0. The van der Waals surface area contributed by atoms with Gasteiger partial charge in [0, 0.05) is 22.9 Å². The lowest BCUT2D eigenvalue weighted by Crippen LogP contribution is -2.13. The molecule has 0 spiro atoms. The standard InChI is InChI=1S/C18H18N2O3S/c1-22-10-12-11-6-2-4-8-14(11)23-16(12)17(21)20-18-19-13-7-3-5-9-15(13)24-18/h2,4,6,8H,3,5,7,9-10H2,1H3,(H,19,20,21). The predicted molar refractivity (Wildman–Crippen MR) is 93.6 cm³/mol. The number of para-hydroxylation sites is 1. The Morgan fingerprint density at radius 1 is 1.33 bits per heavy atom. The summed E-state index contributed by atoms with van der Waals surface area (Å²) in [6.45, 7) is 0.328. The van der Waals surface area contributed by atoms with E-state index in [1.807, 2.05) is 24.3 Å². The van der Waals surface area contributed by atoms with Gasteiger partial charge in [-0.05, 0) is 31.7 Å². The molecule has 2 aromatic heterocycles. The minimum atomic E-state index is -0.274. The summed E-state index contributed by atoms with van der Waals surface area (Å²) in [5.41, 5.74) is 2.59. The maximum absolute atomic E-state index is 12.7. The molecule has 1 aliphatic rings. The second-order valence-electron chi connectivity index (χ2n) is 5.89. The molecule has 0 aliphatic heterocycles. The number of furan rings is 1. The van der Waals surface area contributed by atoms with Crippen molar-refractivity contribution >= 4 is 33.3 Å². The number of ether oxygens (including phenoxy) is 1. The molecular weight excluding hydrogens is 324 g/mol. The van der Waals surface area contributed by atoms with Gasteiger partial charge in [-0.25, -0.2) is 4.98 Å². The molecule has 0 radical (unpaired) electrons. The van der Waals surface area contributed by atoms with Gasteiger partial charge in [0.15, 0.2) is 10.9 Å². The Balaban J connectivity index is 1.65. The Morgan fingerprint density at radius 2 is 2.17 bits per heavy atom. The summed E-state index contributed by atoms with van der Waals surface area (Å²) in [5, 5.41) is 4.45. The molecule has 2 heterocycles. The molecule has 24 heavy (non-hydrogen) atoms. The average molecular weight is 342 g/mol. The molecule has 1 aliphatic carbocycles. The predicted octanol–water partition coefficient (Wildman–Crippen LogP) is 4.17. The molecule has 1 aromatic carbocycles. The van der Waals surface area contributed by atoms with E-state index in [1.165, 1.54) is 17.7 Å². The fraction of sp³-hybridized carbons (Fsp3) is 0.333. The van der Waals surface area contributed by atoms with E-state index in [0.29, 0.717) is 23.1 Å². The van der Waals surface area contributed by atoms with Crippen molar-refractivity contribution in [2.45, 2.75) is 32.3 Å². The number of anilines is 1. The van der Waals surface area contributed by atoms with Crippen LogP contribution in [0.2, 0.25) is 0 Å². The molecule has 124 valence electrons. The zero-order valence-corrected chi connectivity index (χ0v) is 14.2. The van der Waals surface area contributed by atoms with Crippen molar-refractivity contribution in [3.8, 4) is 0 Å². The van der Waals surface area contributed by atoms with Gasteiger partial charge in [-0.2, -0.15) is 0 Å². The highest BCUT2D eigenvalue weighted by Crippen LogP contribution is 2.31. The van der Waals surface area contributed by atoms with Crippen LogP contribution in [0.25, 0.3) is 11.0 Å². The fourth-order valence-corrected chi connectivity index (χ4v) is 4.17. The van der Waals surface area contributed by atoms with E-state index in [0.717, 1.165) is 29.5 Å². The summed E-state index contributed by atoms with van der Waals surface area (Å²) in [4.78, 5) is 18.5. The van der Waals surface area contributed by atoms with E-state index < -0.39 is 0 Å². The number of aromatic nitrogens is 1. The largest absolute Gasteiger partial charge is 0.451 e. The Labute approximate surface area is 143 Å². The molecule has 5 nitrogen and oxygen atoms in total. The quantitative estimate of drug-likeness (QED) is 0.773. The molecule has 0 saturated carbocycles. The second kappa shape index (κ2) is 6.37. The summed E-state index contributed by atoms with van der Waals surface area (Å²) in [6.07, 6.45) is 4.43. The molecule has 6 heteroatoms. The molecule has 3 aromatic rings. The van der Waals surface area contributed by atoms with E-state index in [-0.39, 0.29) is 5.91 Å². The molecule has 0 bridgehead atoms. The number of hydrogen-bond donors (Lipinski definition) is 1. The first-order valence-corrected chi connectivity index (χ1v) is 8.87. The first-order valence-electron chi connectivity index (χ1n) is 8.05. The number of methoxy groups -OCH3 is 1. The number of thiazole rings is 1. The first kappa shape index (κ1) is 15.4. The van der Waals surface area contributed by atoms with E-state index in [2.05, 4.69) is 10.3 Å². The molecule has 0 saturated heterocycles. The van der Waals surface area contributed by atoms with Crippen molar-refractivity contribution in [3.63, 3.8) is 0 Å². The monoisotopic (exact) mass is 342 g/mol. The minimum absolute atomic E-state index is 0.274. The van der Waals surface area contributed by atoms with Crippen LogP contribution >= 0.6 is 11.3 Å². The minimum Gasteiger partial charge on any atom is -0.451 e. The fourth-order valence-electron chi connectivity index (χ4n) is 3.13. The number of aryl methyl sites for hydroxylation is 2. The van der Waals surface area contributed by atoms with Gasteiger partial charge in [0.25, 0.3) is 5.91 Å². The lowest BCUT2D eigenvalue weighted by molar-refractivity contribution is 0.0992. The Bertz CT molecular complexity index is 873. The number of carbonyl (C=O) groups excluding carboxylic acids is 1. The van der Waals surface area contributed by atoms with Crippen molar-refractivity contribution in [2.75, 3.05) is 12.4 Å². The van der Waals surface area contributed by atoms with Crippen LogP contribution in [0.15, 0.2) is 28.7 Å². The second-order valence-corrected chi connectivity index (χ2v) is 6.97. The van der Waals surface area contributed by atoms with Crippen molar-refractivity contribution in [1.82, 2.24) is 4.98 Å². The molecule has 4 rings (SSSR count). The van der Waals surface area contributed by atoms with Gasteiger partial charge in [0.05, 0.1) is 12.3 Å². The normalized spacial score (nSPS) is 13.9. The van der Waals surface area contributed by atoms with Crippen LogP contribution in [-0.2, 0) is 24.2 Å². The van der Waals surface area contributed by atoms with Gasteiger partial charge in [0.2, 0.25) is 0 Å². The SMILES string of the molecule is COCc1c(C(=O)Nc2nc3c(s2)CCCC3)oc2ccccc12. The maximum Gasteiger partial charge on any atom is 0.293 e. The number of amides is 1. The molecule has 1 amide bonds. The number of nitrogens with one attached hydrogen (secondary N) is 1. The summed E-state index contributed by atoms with van der Waals surface area (Å²) in [5.74, 6) is 0.0237. The lowest BCUT2D eigenvalue weighted by Gasteiger charge is -2.06. The number of rotatable bonds is 4. The van der Waals surface area contributed by atoms with Gasteiger partial charge in [-0.1, -0.05) is 18.2 Å². The molecule has 1 N–H and O–H groups in total. The van der Waals surface area contributed by atoms with Crippen LogP contribution in [0.4, 0.5) is 5.13 Å². The molecule has 0 unspecified atom stereocenters. The summed E-state index contributed by atoms with van der Waals surface area (Å²) < 4.78 is 11.0. The summed E-state index contributed by atoms with van der Waals surface area (Å²) in [7, 11) is 1.61. The zero-order valence-electron chi connectivity index (χ0n) is 13.4. The molecule has 0 fully saturated rings. The van der Waals surface area contributed by atoms with Crippen LogP contribution in [0.5, 0.6) is 0 Å². The van der Waals surface area contributed by atoms with E-state index >= 15 is 0 Å². The highest BCUT2D eigenvalue weighted by molar-refractivity contribution is 7.15. The van der Waals surface area contributed by atoms with Gasteiger partial charge >= 0.3 is 0 Å². The van der Waals surface area contributed by atoms with Gasteiger partial charge in [-0.15, -0.1) is 11.3 Å². The number of fused-ring (bicyclic) bond motifs is 2. The van der Waals surface area contributed by atoms with Crippen LogP contribution in [0, 0.1) is 0 Å². The van der Waals surface area contributed by atoms with Crippen molar-refractivity contribution < 1.29 is 13.9 Å². The Kier molecular flexibility index (Phi) is 4.08. The van der Waals surface area contributed by atoms with Crippen LogP contribution in [0.3, 0.4) is 0 Å². The number of carbonyl (C=O) groups is 1. The van der Waals surface area contributed by atoms with Crippen LogP contribution in [-0.4, -0.2) is 18.0 Å². The Hall–Kier alpha value is -2.18. The van der Waals surface area contributed by atoms with Crippen molar-refractivity contribution in [2.24, 2.45) is 0 Å². The van der Waals surface area contributed by atoms with Crippen molar-refractivity contribution in [1.29, 1.82) is 0 Å². The number of nitrogens with zero attached hydrogens (tertiary/aromatic N) is 1. The molecule has 0 atom stereocenters. The summed E-state index contributed by atoms with van der Waals surface area (Å²) >= 11 is 1.57. The molecular formula is C18H18N2O3S. The van der Waals surface area contributed by atoms with Gasteiger partial charge < -0.3 is 9.15 Å². The topological polar surface area (TPSA) is 64.4 Å². The number of hydrogen-bond acceptors (Lipinski definition) is 5. The maximum atomic E-state index is 12.7. The van der Waals surface area contributed by atoms with Crippen LogP contribution < -0.4 is 5.32 Å². The van der Waals surface area contributed by atoms with Crippen LogP contribution in [0.1, 0.15) is 39.5 Å². The van der Waals surface area contributed by atoms with Gasteiger partial charge in [0.1, 0.15) is 5.58 Å². The van der Waals surface area contributed by atoms with Gasteiger partial charge in [-0.3, -0.25) is 10.1 Å². The first-order chi connectivity index (χ1) is 11.8. The highest BCUT2D eigenvalue weighted by Gasteiger charge is 2.22. The highest BCUT2D eigenvalue weighted by atomic mass is 32.1. The average Bonchev–Trinajstić information content (AvgIpc) is 3.16. The van der Waals surface area contributed by atoms with Crippen molar-refractivity contribution in [3.05, 3.63) is 46.2 Å². The Morgan fingerprint density at radius 3 is 3.00 bits per heavy atom. The zero-order chi connectivity index (χ0) is 16.5. The third-order valence-electron chi connectivity index (χ3n) is 4.26. The third-order valence-corrected chi connectivity index (χ3v) is 5.33.